The Balaban J connectivity index is 2.34. The van der Waals surface area contributed by atoms with Gasteiger partial charge in [-0.1, -0.05) is 0 Å². The quantitative estimate of drug-likeness (QED) is 0.678. The van der Waals surface area contributed by atoms with Crippen LogP contribution < -0.4 is 4.74 Å². The molecule has 2 aromatic rings. The van der Waals surface area contributed by atoms with Gasteiger partial charge in [0.25, 0.3) is 0 Å². The smallest absolute Gasteiger partial charge is 0.335 e. The SMILES string of the molecule is O=C(O)c1ccc(Oc2c(Br)cncc2[N+](=O)[O-])cc1. The van der Waals surface area contributed by atoms with Crippen LogP contribution in [0.15, 0.2) is 41.1 Å². The first-order chi connectivity index (χ1) is 9.49. The number of benzene rings is 1. The zero-order valence-electron chi connectivity index (χ0n) is 9.82. The van der Waals surface area contributed by atoms with Crippen molar-refractivity contribution < 1.29 is 19.6 Å². The summed E-state index contributed by atoms with van der Waals surface area (Å²) in [5.74, 6) is -0.773. The van der Waals surface area contributed by atoms with Crippen LogP contribution in [-0.4, -0.2) is 21.0 Å². The molecule has 0 fully saturated rings. The van der Waals surface area contributed by atoms with Crippen LogP contribution in [0.2, 0.25) is 0 Å². The van der Waals surface area contributed by atoms with Crippen LogP contribution >= 0.6 is 15.9 Å². The molecule has 0 aliphatic carbocycles. The van der Waals surface area contributed by atoms with E-state index in [1.54, 1.807) is 0 Å². The average Bonchev–Trinajstić information content (AvgIpc) is 2.41. The summed E-state index contributed by atoms with van der Waals surface area (Å²) in [6, 6.07) is 5.53. The molecule has 0 bridgehead atoms. The number of pyridine rings is 1. The second-order valence-electron chi connectivity index (χ2n) is 3.66. The van der Waals surface area contributed by atoms with Crippen molar-refractivity contribution in [1.82, 2.24) is 4.98 Å². The molecule has 0 atom stereocenters. The molecule has 1 aromatic carbocycles. The number of aromatic nitrogens is 1. The maximum absolute atomic E-state index is 10.9. The number of nitro groups is 1. The van der Waals surface area contributed by atoms with Crippen LogP contribution in [0.1, 0.15) is 10.4 Å². The highest BCUT2D eigenvalue weighted by Crippen LogP contribution is 2.37. The molecular weight excluding hydrogens is 332 g/mol. The molecule has 1 N–H and O–H groups in total. The number of carboxylic acids is 1. The van der Waals surface area contributed by atoms with Gasteiger partial charge in [-0.2, -0.15) is 0 Å². The topological polar surface area (TPSA) is 103 Å². The predicted octanol–water partition coefficient (Wildman–Crippen LogP) is 3.24. The molecule has 0 saturated carbocycles. The summed E-state index contributed by atoms with van der Waals surface area (Å²) in [6.07, 6.45) is 2.44. The van der Waals surface area contributed by atoms with Crippen molar-refractivity contribution in [3.8, 4) is 11.5 Å². The fourth-order valence-corrected chi connectivity index (χ4v) is 1.83. The highest BCUT2D eigenvalue weighted by atomic mass is 79.9. The maximum atomic E-state index is 10.9. The Morgan fingerprint density at radius 2 is 1.95 bits per heavy atom. The van der Waals surface area contributed by atoms with Gasteiger partial charge in [-0.25, -0.2) is 4.79 Å². The van der Waals surface area contributed by atoms with Crippen LogP contribution in [-0.2, 0) is 0 Å². The standard InChI is InChI=1S/C12H7BrN2O5/c13-9-5-14-6-10(15(18)19)11(9)20-8-3-1-7(2-4-8)12(16)17/h1-6H,(H,16,17). The zero-order valence-corrected chi connectivity index (χ0v) is 11.4. The minimum atomic E-state index is -1.06. The number of hydrogen-bond acceptors (Lipinski definition) is 5. The van der Waals surface area contributed by atoms with E-state index in [0.29, 0.717) is 4.47 Å². The highest BCUT2D eigenvalue weighted by Gasteiger charge is 2.19. The van der Waals surface area contributed by atoms with Gasteiger partial charge in [0.05, 0.1) is 15.0 Å². The highest BCUT2D eigenvalue weighted by molar-refractivity contribution is 9.10. The van der Waals surface area contributed by atoms with Crippen LogP contribution in [0.3, 0.4) is 0 Å². The second kappa shape index (κ2) is 5.66. The van der Waals surface area contributed by atoms with Gasteiger partial charge in [-0.15, -0.1) is 0 Å². The lowest BCUT2D eigenvalue weighted by Crippen LogP contribution is -1.97. The third kappa shape index (κ3) is 2.91. The third-order valence-corrected chi connectivity index (χ3v) is 2.92. The molecule has 0 amide bonds. The van der Waals surface area contributed by atoms with Crippen molar-refractivity contribution >= 4 is 27.6 Å². The summed E-state index contributed by atoms with van der Waals surface area (Å²) >= 11 is 3.12. The van der Waals surface area contributed by atoms with E-state index < -0.39 is 10.9 Å². The number of nitrogens with zero attached hydrogens (tertiary/aromatic N) is 2. The summed E-state index contributed by atoms with van der Waals surface area (Å²) in [5, 5.41) is 19.7. The fraction of sp³-hybridized carbons (Fsp3) is 0. The van der Waals surface area contributed by atoms with E-state index >= 15 is 0 Å². The molecule has 102 valence electrons. The van der Waals surface area contributed by atoms with Gasteiger partial charge in [0.1, 0.15) is 11.9 Å². The molecule has 0 radical (unpaired) electrons. The first-order valence-corrected chi connectivity index (χ1v) is 6.07. The number of carbonyl (C=O) groups is 1. The van der Waals surface area contributed by atoms with Gasteiger partial charge in [0, 0.05) is 6.20 Å². The average molecular weight is 339 g/mol. The number of rotatable bonds is 4. The summed E-state index contributed by atoms with van der Waals surface area (Å²) in [5.41, 5.74) is -0.192. The molecule has 1 aromatic heterocycles. The van der Waals surface area contributed by atoms with E-state index in [1.807, 2.05) is 0 Å². The first kappa shape index (κ1) is 13.9. The van der Waals surface area contributed by atoms with Crippen molar-refractivity contribution in [1.29, 1.82) is 0 Å². The van der Waals surface area contributed by atoms with E-state index in [0.717, 1.165) is 6.20 Å². The Kier molecular flexibility index (Phi) is 3.94. The lowest BCUT2D eigenvalue weighted by molar-refractivity contribution is -0.386. The van der Waals surface area contributed by atoms with Crippen molar-refractivity contribution in [2.75, 3.05) is 0 Å². The number of hydrogen-bond donors (Lipinski definition) is 1. The molecule has 2 rings (SSSR count). The molecule has 20 heavy (non-hydrogen) atoms. The minimum absolute atomic E-state index is 0.00748. The zero-order chi connectivity index (χ0) is 14.7. The molecule has 0 saturated heterocycles. The second-order valence-corrected chi connectivity index (χ2v) is 4.51. The van der Waals surface area contributed by atoms with Crippen molar-refractivity contribution in [2.45, 2.75) is 0 Å². The van der Waals surface area contributed by atoms with Crippen LogP contribution in [0, 0.1) is 10.1 Å². The first-order valence-electron chi connectivity index (χ1n) is 5.28. The normalized spacial score (nSPS) is 10.1. The largest absolute Gasteiger partial charge is 0.478 e. The fourth-order valence-electron chi connectivity index (χ4n) is 1.43. The maximum Gasteiger partial charge on any atom is 0.335 e. The molecular formula is C12H7BrN2O5. The van der Waals surface area contributed by atoms with Gasteiger partial charge in [0.15, 0.2) is 0 Å². The molecule has 7 nitrogen and oxygen atoms in total. The third-order valence-electron chi connectivity index (χ3n) is 2.35. The monoisotopic (exact) mass is 338 g/mol. The van der Waals surface area contributed by atoms with Crippen molar-refractivity contribution in [3.05, 3.63) is 56.8 Å². The molecule has 8 heteroatoms. The molecule has 0 aliphatic heterocycles. The summed E-state index contributed by atoms with van der Waals surface area (Å²) in [6.45, 7) is 0. The lowest BCUT2D eigenvalue weighted by atomic mass is 10.2. The number of ether oxygens (including phenoxy) is 1. The van der Waals surface area contributed by atoms with Crippen molar-refractivity contribution in [3.63, 3.8) is 0 Å². The van der Waals surface area contributed by atoms with Gasteiger partial charge < -0.3 is 9.84 Å². The van der Waals surface area contributed by atoms with E-state index in [2.05, 4.69) is 20.9 Å². The number of aromatic carboxylic acids is 1. The van der Waals surface area contributed by atoms with E-state index in [4.69, 9.17) is 9.84 Å². The van der Waals surface area contributed by atoms with Crippen LogP contribution in [0.5, 0.6) is 11.5 Å². The number of halogens is 1. The Morgan fingerprint density at radius 3 is 2.50 bits per heavy atom. The Morgan fingerprint density at radius 1 is 1.30 bits per heavy atom. The van der Waals surface area contributed by atoms with Crippen LogP contribution in [0.4, 0.5) is 5.69 Å². The van der Waals surface area contributed by atoms with Gasteiger partial charge in [-0.05, 0) is 40.2 Å². The Hall–Kier alpha value is -2.48. The summed E-state index contributed by atoms with van der Waals surface area (Å²) in [7, 11) is 0. The number of carboxylic acid groups (broad SMARTS) is 1. The molecule has 0 unspecified atom stereocenters. The van der Waals surface area contributed by atoms with E-state index in [-0.39, 0.29) is 22.7 Å². The minimum Gasteiger partial charge on any atom is -0.478 e. The Bertz CT molecular complexity index is 672. The molecule has 0 aliphatic rings. The van der Waals surface area contributed by atoms with Gasteiger partial charge in [-0.3, -0.25) is 15.1 Å². The van der Waals surface area contributed by atoms with Gasteiger partial charge in [0.2, 0.25) is 5.75 Å². The van der Waals surface area contributed by atoms with E-state index in [1.165, 1.54) is 30.5 Å². The van der Waals surface area contributed by atoms with Gasteiger partial charge >= 0.3 is 11.7 Å². The lowest BCUT2D eigenvalue weighted by Gasteiger charge is -2.07. The molecule has 0 spiro atoms. The summed E-state index contributed by atoms with van der Waals surface area (Å²) < 4.78 is 5.74. The Labute approximate surface area is 121 Å². The summed E-state index contributed by atoms with van der Waals surface area (Å²) in [4.78, 5) is 24.7. The van der Waals surface area contributed by atoms with Crippen molar-refractivity contribution in [2.24, 2.45) is 0 Å². The predicted molar refractivity (Wildman–Crippen MR) is 72.1 cm³/mol. The van der Waals surface area contributed by atoms with Crippen LogP contribution in [0.25, 0.3) is 0 Å². The van der Waals surface area contributed by atoms with E-state index in [9.17, 15) is 14.9 Å². The molecule has 1 heterocycles.